The summed E-state index contributed by atoms with van der Waals surface area (Å²) in [4.78, 5) is 40.6. The molecule has 0 unspecified atom stereocenters. The Labute approximate surface area is 166 Å². The van der Waals surface area contributed by atoms with Gasteiger partial charge in [0.1, 0.15) is 12.3 Å². The van der Waals surface area contributed by atoms with E-state index in [2.05, 4.69) is 10.3 Å². The second-order valence-electron chi connectivity index (χ2n) is 7.77. The molecule has 0 spiro atoms. The van der Waals surface area contributed by atoms with Gasteiger partial charge in [-0.2, -0.15) is 0 Å². The average Bonchev–Trinajstić information content (AvgIpc) is 2.98. The van der Waals surface area contributed by atoms with Gasteiger partial charge in [-0.05, 0) is 45.0 Å². The van der Waals surface area contributed by atoms with Crippen LogP contribution >= 0.6 is 11.6 Å². The number of H-pyrrole nitrogens is 1. The van der Waals surface area contributed by atoms with Crippen LogP contribution < -0.4 is 5.32 Å². The summed E-state index contributed by atoms with van der Waals surface area (Å²) in [6.45, 7) is 5.13. The number of aromatic amines is 1. The van der Waals surface area contributed by atoms with E-state index in [0.717, 1.165) is 10.9 Å². The SMILES string of the molecule is CC(C)(C)N(C(=O)O)[C@H]1COC(=O)C[C@H]1NC(=O)c1cc2cc(Cl)ccc2[nH]1. The Kier molecular flexibility index (Phi) is 5.25. The van der Waals surface area contributed by atoms with Gasteiger partial charge < -0.3 is 20.1 Å². The predicted molar refractivity (Wildman–Crippen MR) is 104 cm³/mol. The highest BCUT2D eigenvalue weighted by Crippen LogP contribution is 2.25. The number of hydrogen-bond acceptors (Lipinski definition) is 4. The highest BCUT2D eigenvalue weighted by atomic mass is 35.5. The molecule has 1 saturated heterocycles. The van der Waals surface area contributed by atoms with Crippen LogP contribution in [-0.2, 0) is 9.53 Å². The zero-order valence-corrected chi connectivity index (χ0v) is 16.5. The topological polar surface area (TPSA) is 112 Å². The minimum atomic E-state index is -1.14. The summed E-state index contributed by atoms with van der Waals surface area (Å²) in [5, 5.41) is 13.8. The van der Waals surface area contributed by atoms with Crippen LogP contribution in [0.15, 0.2) is 24.3 Å². The van der Waals surface area contributed by atoms with Gasteiger partial charge in [0.25, 0.3) is 5.91 Å². The number of amides is 2. The molecule has 0 bridgehead atoms. The molecular weight excluding hydrogens is 386 g/mol. The number of cyclic esters (lactones) is 1. The van der Waals surface area contributed by atoms with Crippen molar-refractivity contribution in [1.82, 2.24) is 15.2 Å². The molecule has 1 aliphatic rings. The number of nitrogens with one attached hydrogen (secondary N) is 2. The third kappa shape index (κ3) is 4.06. The summed E-state index contributed by atoms with van der Waals surface area (Å²) in [5.74, 6) is -0.916. The van der Waals surface area contributed by atoms with Gasteiger partial charge in [0, 0.05) is 21.5 Å². The molecule has 8 nitrogen and oxygen atoms in total. The molecular formula is C19H22ClN3O5. The van der Waals surface area contributed by atoms with Gasteiger partial charge in [-0.1, -0.05) is 11.6 Å². The van der Waals surface area contributed by atoms with E-state index in [-0.39, 0.29) is 13.0 Å². The van der Waals surface area contributed by atoms with Gasteiger partial charge in [0.15, 0.2) is 0 Å². The largest absolute Gasteiger partial charge is 0.465 e. The number of fused-ring (bicyclic) bond motifs is 1. The van der Waals surface area contributed by atoms with E-state index in [1.165, 1.54) is 4.90 Å². The fourth-order valence-corrected chi connectivity index (χ4v) is 3.65. The molecule has 2 amide bonds. The molecule has 9 heteroatoms. The Balaban J connectivity index is 1.86. The van der Waals surface area contributed by atoms with Crippen LogP contribution in [0, 0.1) is 0 Å². The first-order chi connectivity index (χ1) is 13.1. The number of carboxylic acid groups (broad SMARTS) is 1. The summed E-state index contributed by atoms with van der Waals surface area (Å²) in [5.41, 5.74) is 0.310. The van der Waals surface area contributed by atoms with E-state index < -0.39 is 35.6 Å². The van der Waals surface area contributed by atoms with Gasteiger partial charge in [0.2, 0.25) is 0 Å². The van der Waals surface area contributed by atoms with Crippen molar-refractivity contribution in [3.05, 3.63) is 35.0 Å². The minimum Gasteiger partial charge on any atom is -0.465 e. The van der Waals surface area contributed by atoms with E-state index in [1.807, 2.05) is 0 Å². The molecule has 2 heterocycles. The number of benzene rings is 1. The number of hydrogen-bond donors (Lipinski definition) is 3. The first kappa shape index (κ1) is 20.0. The maximum atomic E-state index is 12.8. The third-order valence-corrected chi connectivity index (χ3v) is 4.91. The number of rotatable bonds is 3. The van der Waals surface area contributed by atoms with Crippen molar-refractivity contribution in [2.45, 2.75) is 44.8 Å². The Hall–Kier alpha value is -2.74. The van der Waals surface area contributed by atoms with Gasteiger partial charge >= 0.3 is 12.1 Å². The second kappa shape index (κ2) is 7.35. The van der Waals surface area contributed by atoms with Gasteiger partial charge in [-0.25, -0.2) is 4.79 Å². The van der Waals surface area contributed by atoms with E-state index in [4.69, 9.17) is 16.3 Å². The van der Waals surface area contributed by atoms with Crippen molar-refractivity contribution < 1.29 is 24.2 Å². The number of carbonyl (C=O) groups excluding carboxylic acids is 2. The van der Waals surface area contributed by atoms with Gasteiger partial charge in [-0.3, -0.25) is 14.5 Å². The van der Waals surface area contributed by atoms with Gasteiger partial charge in [-0.15, -0.1) is 0 Å². The predicted octanol–water partition coefficient (Wildman–Crippen LogP) is 3.01. The molecule has 2 aromatic rings. The second-order valence-corrected chi connectivity index (χ2v) is 8.21. The molecule has 28 heavy (non-hydrogen) atoms. The zero-order chi connectivity index (χ0) is 20.6. The molecule has 1 aromatic carbocycles. The van der Waals surface area contributed by atoms with Crippen LogP contribution in [0.1, 0.15) is 37.7 Å². The number of nitrogens with zero attached hydrogens (tertiary/aromatic N) is 1. The average molecular weight is 408 g/mol. The lowest BCUT2D eigenvalue weighted by atomic mass is 9.95. The van der Waals surface area contributed by atoms with E-state index in [1.54, 1.807) is 45.0 Å². The molecule has 0 radical (unpaired) electrons. The summed E-state index contributed by atoms with van der Waals surface area (Å²) >= 11 is 5.98. The zero-order valence-electron chi connectivity index (χ0n) is 15.8. The van der Waals surface area contributed by atoms with E-state index >= 15 is 0 Å². The molecule has 150 valence electrons. The van der Waals surface area contributed by atoms with Crippen LogP contribution in [0.5, 0.6) is 0 Å². The summed E-state index contributed by atoms with van der Waals surface area (Å²) in [7, 11) is 0. The van der Waals surface area contributed by atoms with Crippen molar-refractivity contribution in [3.63, 3.8) is 0 Å². The lowest BCUT2D eigenvalue weighted by molar-refractivity contribution is -0.152. The maximum Gasteiger partial charge on any atom is 0.408 e. The lowest BCUT2D eigenvalue weighted by Gasteiger charge is -2.44. The fourth-order valence-electron chi connectivity index (χ4n) is 3.47. The summed E-state index contributed by atoms with van der Waals surface area (Å²) in [6.07, 6.45) is -1.25. The number of esters is 1. The molecule has 1 aliphatic heterocycles. The minimum absolute atomic E-state index is 0.109. The standard InChI is InChI=1S/C19H22ClN3O5/c1-19(2,3)23(18(26)27)15-9-28-16(24)8-13(15)22-17(25)14-7-10-6-11(20)4-5-12(10)21-14/h4-7,13,15,21H,8-9H2,1-3H3,(H,22,25)(H,26,27)/t13-,15+/m1/s1. The smallest absolute Gasteiger partial charge is 0.408 e. The van der Waals surface area contributed by atoms with Crippen LogP contribution in [0.4, 0.5) is 4.79 Å². The van der Waals surface area contributed by atoms with Crippen molar-refractivity contribution in [3.8, 4) is 0 Å². The number of aromatic nitrogens is 1. The number of ether oxygens (including phenoxy) is 1. The van der Waals surface area contributed by atoms with Crippen LogP contribution in [0.2, 0.25) is 5.02 Å². The van der Waals surface area contributed by atoms with Crippen molar-refractivity contribution >= 4 is 40.5 Å². The van der Waals surface area contributed by atoms with Crippen LogP contribution in [0.25, 0.3) is 10.9 Å². The Morgan fingerprint density at radius 2 is 2.04 bits per heavy atom. The van der Waals surface area contributed by atoms with Crippen LogP contribution in [-0.4, -0.2) is 57.2 Å². The van der Waals surface area contributed by atoms with E-state index in [0.29, 0.717) is 10.7 Å². The summed E-state index contributed by atoms with van der Waals surface area (Å²) < 4.78 is 5.08. The number of carbonyl (C=O) groups is 3. The maximum absolute atomic E-state index is 12.8. The molecule has 3 rings (SSSR count). The fraction of sp³-hybridized carbons (Fsp3) is 0.421. The van der Waals surface area contributed by atoms with Crippen molar-refractivity contribution in [1.29, 1.82) is 0 Å². The quantitative estimate of drug-likeness (QED) is 0.677. The normalized spacial score (nSPS) is 19.9. The first-order valence-electron chi connectivity index (χ1n) is 8.83. The first-order valence-corrected chi connectivity index (χ1v) is 9.21. The molecule has 0 aliphatic carbocycles. The van der Waals surface area contributed by atoms with E-state index in [9.17, 15) is 19.5 Å². The number of halogens is 1. The lowest BCUT2D eigenvalue weighted by Crippen LogP contribution is -2.63. The Morgan fingerprint density at radius 1 is 1.32 bits per heavy atom. The molecule has 1 fully saturated rings. The van der Waals surface area contributed by atoms with Gasteiger partial charge in [0.05, 0.1) is 18.5 Å². The molecule has 1 aromatic heterocycles. The Bertz CT molecular complexity index is 933. The molecule has 2 atom stereocenters. The van der Waals surface area contributed by atoms with Crippen molar-refractivity contribution in [2.24, 2.45) is 0 Å². The monoisotopic (exact) mass is 407 g/mol. The Morgan fingerprint density at radius 3 is 2.68 bits per heavy atom. The third-order valence-electron chi connectivity index (χ3n) is 4.67. The molecule has 3 N–H and O–H groups in total. The highest BCUT2D eigenvalue weighted by molar-refractivity contribution is 6.31. The van der Waals surface area contributed by atoms with Crippen molar-refractivity contribution in [2.75, 3.05) is 6.61 Å². The highest BCUT2D eigenvalue weighted by Gasteiger charge is 2.42. The molecule has 0 saturated carbocycles. The summed E-state index contributed by atoms with van der Waals surface area (Å²) in [6, 6.07) is 5.46. The van der Waals surface area contributed by atoms with Crippen LogP contribution in [0.3, 0.4) is 0 Å².